The number of hydrogen-bond donors (Lipinski definition) is 1. The molecule has 18 heavy (non-hydrogen) atoms. The first-order valence-electron chi connectivity index (χ1n) is 6.04. The van der Waals surface area contributed by atoms with E-state index in [0.29, 0.717) is 28.9 Å². The van der Waals surface area contributed by atoms with Crippen LogP contribution in [0.25, 0.3) is 0 Å². The SMILES string of the molecule is CC1CN(C(=O)c2cccc(N)c2Br)CCCO1. The van der Waals surface area contributed by atoms with E-state index in [0.717, 1.165) is 13.0 Å². The van der Waals surface area contributed by atoms with Gasteiger partial charge in [-0.2, -0.15) is 0 Å². The Bertz CT molecular complexity index is 451. The molecule has 1 fully saturated rings. The van der Waals surface area contributed by atoms with Crippen molar-refractivity contribution in [2.24, 2.45) is 0 Å². The van der Waals surface area contributed by atoms with Gasteiger partial charge in [-0.25, -0.2) is 0 Å². The summed E-state index contributed by atoms with van der Waals surface area (Å²) in [5.74, 6) is 0.00604. The molecule has 1 aliphatic heterocycles. The molecule has 2 rings (SSSR count). The van der Waals surface area contributed by atoms with Crippen LogP contribution in [0.1, 0.15) is 23.7 Å². The number of amides is 1. The van der Waals surface area contributed by atoms with Crippen LogP contribution in [0.3, 0.4) is 0 Å². The third-order valence-electron chi connectivity index (χ3n) is 3.00. The quantitative estimate of drug-likeness (QED) is 0.809. The lowest BCUT2D eigenvalue weighted by Crippen LogP contribution is -2.36. The first kappa shape index (κ1) is 13.4. The predicted molar refractivity (Wildman–Crippen MR) is 74.5 cm³/mol. The number of nitrogens with two attached hydrogens (primary N) is 1. The third kappa shape index (κ3) is 2.84. The largest absolute Gasteiger partial charge is 0.398 e. The number of anilines is 1. The van der Waals surface area contributed by atoms with Gasteiger partial charge in [-0.15, -0.1) is 0 Å². The van der Waals surface area contributed by atoms with Crippen molar-refractivity contribution in [1.82, 2.24) is 4.90 Å². The molecule has 98 valence electrons. The summed E-state index contributed by atoms with van der Waals surface area (Å²) in [5.41, 5.74) is 7.00. The molecule has 0 saturated carbocycles. The number of rotatable bonds is 1. The number of benzene rings is 1. The van der Waals surface area contributed by atoms with Crippen LogP contribution in [0.15, 0.2) is 22.7 Å². The van der Waals surface area contributed by atoms with Crippen LogP contribution in [0.2, 0.25) is 0 Å². The van der Waals surface area contributed by atoms with E-state index in [1.165, 1.54) is 0 Å². The Balaban J connectivity index is 2.22. The van der Waals surface area contributed by atoms with E-state index in [2.05, 4.69) is 15.9 Å². The summed E-state index contributed by atoms with van der Waals surface area (Å²) >= 11 is 3.38. The zero-order valence-electron chi connectivity index (χ0n) is 10.4. The van der Waals surface area contributed by atoms with Gasteiger partial charge in [0.05, 0.1) is 16.1 Å². The van der Waals surface area contributed by atoms with Crippen LogP contribution in [0.4, 0.5) is 5.69 Å². The molecule has 1 unspecified atom stereocenters. The van der Waals surface area contributed by atoms with Gasteiger partial charge in [0.2, 0.25) is 0 Å². The fourth-order valence-corrected chi connectivity index (χ4v) is 2.50. The smallest absolute Gasteiger partial charge is 0.255 e. The molecule has 1 atom stereocenters. The highest BCUT2D eigenvalue weighted by atomic mass is 79.9. The van der Waals surface area contributed by atoms with Gasteiger partial charge in [0.1, 0.15) is 0 Å². The summed E-state index contributed by atoms with van der Waals surface area (Å²) in [5, 5.41) is 0. The van der Waals surface area contributed by atoms with E-state index in [-0.39, 0.29) is 12.0 Å². The van der Waals surface area contributed by atoms with Crippen molar-refractivity contribution in [3.05, 3.63) is 28.2 Å². The minimum Gasteiger partial charge on any atom is -0.398 e. The third-order valence-corrected chi connectivity index (χ3v) is 3.88. The Morgan fingerprint density at radius 1 is 1.56 bits per heavy atom. The van der Waals surface area contributed by atoms with Gasteiger partial charge < -0.3 is 15.4 Å². The molecule has 0 radical (unpaired) electrons. The Morgan fingerprint density at radius 3 is 3.11 bits per heavy atom. The number of nitrogens with zero attached hydrogens (tertiary/aromatic N) is 1. The maximum absolute atomic E-state index is 12.5. The Morgan fingerprint density at radius 2 is 2.33 bits per heavy atom. The second-order valence-electron chi connectivity index (χ2n) is 4.49. The molecule has 1 aromatic carbocycles. The van der Waals surface area contributed by atoms with E-state index in [4.69, 9.17) is 10.5 Å². The predicted octanol–water partition coefficient (Wildman–Crippen LogP) is 2.28. The Hall–Kier alpha value is -1.07. The molecule has 1 aromatic rings. The normalized spacial score (nSPS) is 20.6. The lowest BCUT2D eigenvalue weighted by atomic mass is 10.1. The van der Waals surface area contributed by atoms with E-state index < -0.39 is 0 Å². The number of halogens is 1. The monoisotopic (exact) mass is 312 g/mol. The van der Waals surface area contributed by atoms with Gasteiger partial charge in [0.15, 0.2) is 0 Å². The summed E-state index contributed by atoms with van der Waals surface area (Å²) in [4.78, 5) is 14.3. The lowest BCUT2D eigenvalue weighted by Gasteiger charge is -2.23. The first-order chi connectivity index (χ1) is 8.59. The van der Waals surface area contributed by atoms with Crippen LogP contribution in [0.5, 0.6) is 0 Å². The molecule has 0 aromatic heterocycles. The van der Waals surface area contributed by atoms with Gasteiger partial charge in [-0.05, 0) is 41.4 Å². The number of carbonyl (C=O) groups is 1. The second kappa shape index (κ2) is 5.71. The van der Waals surface area contributed by atoms with E-state index in [1.54, 1.807) is 18.2 Å². The molecular formula is C13H17BrN2O2. The molecule has 0 bridgehead atoms. The van der Waals surface area contributed by atoms with Crippen LogP contribution >= 0.6 is 15.9 Å². The minimum absolute atomic E-state index is 0.00604. The van der Waals surface area contributed by atoms with Crippen LogP contribution in [0, 0.1) is 0 Å². The molecule has 0 spiro atoms. The summed E-state index contributed by atoms with van der Waals surface area (Å²) in [7, 11) is 0. The van der Waals surface area contributed by atoms with E-state index >= 15 is 0 Å². The van der Waals surface area contributed by atoms with Gasteiger partial charge >= 0.3 is 0 Å². The van der Waals surface area contributed by atoms with E-state index in [1.807, 2.05) is 11.8 Å². The summed E-state index contributed by atoms with van der Waals surface area (Å²) in [6.45, 7) is 4.05. The zero-order valence-corrected chi connectivity index (χ0v) is 11.9. The molecule has 2 N–H and O–H groups in total. The fourth-order valence-electron chi connectivity index (χ4n) is 2.06. The number of carbonyl (C=O) groups excluding carboxylic acids is 1. The van der Waals surface area contributed by atoms with Gasteiger partial charge in [0.25, 0.3) is 5.91 Å². The van der Waals surface area contributed by atoms with E-state index in [9.17, 15) is 4.79 Å². The summed E-state index contributed by atoms with van der Waals surface area (Å²) in [6, 6.07) is 5.36. The number of nitrogen functional groups attached to an aromatic ring is 1. The Kier molecular flexibility index (Phi) is 4.24. The zero-order chi connectivity index (χ0) is 13.1. The topological polar surface area (TPSA) is 55.6 Å². The van der Waals surface area contributed by atoms with Crippen molar-refractivity contribution in [3.8, 4) is 0 Å². The van der Waals surface area contributed by atoms with Crippen molar-refractivity contribution in [2.75, 3.05) is 25.4 Å². The standard InChI is InChI=1S/C13H17BrN2O2/c1-9-8-16(6-3-7-18-9)13(17)10-4-2-5-11(15)12(10)14/h2,4-5,9H,3,6-8,15H2,1H3. The van der Waals surface area contributed by atoms with Gasteiger partial charge in [-0.3, -0.25) is 4.79 Å². The maximum Gasteiger partial charge on any atom is 0.255 e. The van der Waals surface area contributed by atoms with Crippen molar-refractivity contribution in [3.63, 3.8) is 0 Å². The number of ether oxygens (including phenoxy) is 1. The molecule has 1 aliphatic rings. The average Bonchev–Trinajstić information content (AvgIpc) is 2.56. The molecule has 1 heterocycles. The van der Waals surface area contributed by atoms with Crippen molar-refractivity contribution < 1.29 is 9.53 Å². The number of hydrogen-bond acceptors (Lipinski definition) is 3. The average molecular weight is 313 g/mol. The highest BCUT2D eigenvalue weighted by Gasteiger charge is 2.22. The molecule has 1 saturated heterocycles. The fraction of sp³-hybridized carbons (Fsp3) is 0.462. The van der Waals surface area contributed by atoms with Crippen LogP contribution < -0.4 is 5.73 Å². The molecular weight excluding hydrogens is 296 g/mol. The molecule has 0 aliphatic carbocycles. The Labute approximate surface area is 115 Å². The maximum atomic E-state index is 12.5. The summed E-state index contributed by atoms with van der Waals surface area (Å²) in [6.07, 6.45) is 0.951. The molecule has 5 heteroatoms. The van der Waals surface area contributed by atoms with Crippen molar-refractivity contribution in [2.45, 2.75) is 19.4 Å². The minimum atomic E-state index is 0.00604. The highest BCUT2D eigenvalue weighted by Crippen LogP contribution is 2.25. The molecule has 1 amide bonds. The van der Waals surface area contributed by atoms with Gasteiger partial charge in [0, 0.05) is 25.4 Å². The molecule has 4 nitrogen and oxygen atoms in total. The highest BCUT2D eigenvalue weighted by molar-refractivity contribution is 9.10. The second-order valence-corrected chi connectivity index (χ2v) is 5.29. The van der Waals surface area contributed by atoms with Crippen molar-refractivity contribution in [1.29, 1.82) is 0 Å². The first-order valence-corrected chi connectivity index (χ1v) is 6.83. The van der Waals surface area contributed by atoms with Gasteiger partial charge in [-0.1, -0.05) is 6.07 Å². The van der Waals surface area contributed by atoms with Crippen LogP contribution in [-0.2, 0) is 4.74 Å². The van der Waals surface area contributed by atoms with Crippen molar-refractivity contribution >= 4 is 27.5 Å². The summed E-state index contributed by atoms with van der Waals surface area (Å²) < 4.78 is 6.22. The lowest BCUT2D eigenvalue weighted by molar-refractivity contribution is 0.0562. The van der Waals surface area contributed by atoms with Crippen LogP contribution in [-0.4, -0.2) is 36.6 Å².